The molecule has 2 aliphatic rings. The van der Waals surface area contributed by atoms with Gasteiger partial charge in [0.15, 0.2) is 0 Å². The number of likely N-dealkylation sites (tertiary alicyclic amines) is 1. The molecule has 1 saturated carbocycles. The zero-order valence-corrected chi connectivity index (χ0v) is 12.6. The van der Waals surface area contributed by atoms with Gasteiger partial charge in [-0.1, -0.05) is 26.7 Å². The molecule has 1 saturated heterocycles. The summed E-state index contributed by atoms with van der Waals surface area (Å²) in [7, 11) is 0. The van der Waals surface area contributed by atoms with Gasteiger partial charge in [-0.3, -0.25) is 14.4 Å². The van der Waals surface area contributed by atoms with Crippen LogP contribution in [0.2, 0.25) is 0 Å². The normalized spacial score (nSPS) is 24.6. The lowest BCUT2D eigenvalue weighted by atomic mass is 9.70. The van der Waals surface area contributed by atoms with Crippen LogP contribution in [0.3, 0.4) is 0 Å². The maximum atomic E-state index is 12.3. The van der Waals surface area contributed by atoms with Gasteiger partial charge in [-0.25, -0.2) is 0 Å². The van der Waals surface area contributed by atoms with Gasteiger partial charge in [-0.05, 0) is 18.3 Å². The molecular formula is C16H25NO3. The Labute approximate surface area is 120 Å². The molecule has 1 aliphatic heterocycles. The van der Waals surface area contributed by atoms with Gasteiger partial charge in [0.2, 0.25) is 5.91 Å². The second-order valence-corrected chi connectivity index (χ2v) is 7.00. The van der Waals surface area contributed by atoms with Crippen molar-refractivity contribution >= 4 is 17.5 Å². The predicted molar refractivity (Wildman–Crippen MR) is 76.2 cm³/mol. The summed E-state index contributed by atoms with van der Waals surface area (Å²) in [5.41, 5.74) is -0.240. The number of ketones is 2. The van der Waals surface area contributed by atoms with Gasteiger partial charge in [0.05, 0.1) is 5.92 Å². The Morgan fingerprint density at radius 3 is 2.05 bits per heavy atom. The van der Waals surface area contributed by atoms with Crippen molar-refractivity contribution in [1.82, 2.24) is 4.90 Å². The van der Waals surface area contributed by atoms with Crippen LogP contribution in [-0.4, -0.2) is 35.5 Å². The molecule has 0 aromatic heterocycles. The molecule has 0 unspecified atom stereocenters. The van der Waals surface area contributed by atoms with E-state index < -0.39 is 5.92 Å². The third-order valence-corrected chi connectivity index (χ3v) is 4.42. The van der Waals surface area contributed by atoms with E-state index in [-0.39, 0.29) is 29.3 Å². The van der Waals surface area contributed by atoms with Gasteiger partial charge in [0.1, 0.15) is 11.6 Å². The molecule has 0 aromatic rings. The molecule has 20 heavy (non-hydrogen) atoms. The molecule has 4 nitrogen and oxygen atoms in total. The Balaban J connectivity index is 1.96. The molecule has 1 heterocycles. The van der Waals surface area contributed by atoms with Crippen LogP contribution in [0.15, 0.2) is 0 Å². The van der Waals surface area contributed by atoms with E-state index in [1.165, 1.54) is 12.8 Å². The van der Waals surface area contributed by atoms with Gasteiger partial charge < -0.3 is 4.90 Å². The molecule has 4 heteroatoms. The minimum absolute atomic E-state index is 0.0155. The van der Waals surface area contributed by atoms with E-state index in [9.17, 15) is 14.4 Å². The highest BCUT2D eigenvalue weighted by atomic mass is 16.2. The Morgan fingerprint density at radius 1 is 1.05 bits per heavy atom. The molecule has 0 bridgehead atoms. The van der Waals surface area contributed by atoms with Gasteiger partial charge in [-0.15, -0.1) is 0 Å². The lowest BCUT2D eigenvalue weighted by Gasteiger charge is -2.32. The van der Waals surface area contributed by atoms with E-state index in [0.717, 1.165) is 25.9 Å². The largest absolute Gasteiger partial charge is 0.343 e. The van der Waals surface area contributed by atoms with Crippen LogP contribution in [0.4, 0.5) is 0 Å². The minimum atomic E-state index is -0.682. The van der Waals surface area contributed by atoms with Crippen molar-refractivity contribution in [3.05, 3.63) is 0 Å². The molecule has 0 aromatic carbocycles. The van der Waals surface area contributed by atoms with E-state index in [2.05, 4.69) is 0 Å². The molecule has 0 spiro atoms. The fourth-order valence-corrected chi connectivity index (χ4v) is 3.28. The first-order chi connectivity index (χ1) is 9.39. The van der Waals surface area contributed by atoms with Crippen molar-refractivity contribution in [2.24, 2.45) is 11.3 Å². The first-order valence-electron chi connectivity index (χ1n) is 7.72. The van der Waals surface area contributed by atoms with Crippen LogP contribution in [0.5, 0.6) is 0 Å². The number of carbonyl (C=O) groups is 3. The van der Waals surface area contributed by atoms with E-state index in [0.29, 0.717) is 12.8 Å². The molecule has 112 valence electrons. The first-order valence-corrected chi connectivity index (χ1v) is 7.72. The standard InChI is InChI=1S/C16H25NO3/c1-16(2)10-13(18)12(14(19)11-16)9-15(20)17-7-5-3-4-6-8-17/h12H,3-11H2,1-2H3. The summed E-state index contributed by atoms with van der Waals surface area (Å²) in [4.78, 5) is 38.4. The van der Waals surface area contributed by atoms with Crippen LogP contribution >= 0.6 is 0 Å². The van der Waals surface area contributed by atoms with Crippen LogP contribution in [0.1, 0.15) is 58.8 Å². The molecule has 0 atom stereocenters. The fourth-order valence-electron chi connectivity index (χ4n) is 3.28. The van der Waals surface area contributed by atoms with Gasteiger partial charge in [0, 0.05) is 32.4 Å². The van der Waals surface area contributed by atoms with Crippen molar-refractivity contribution in [3.8, 4) is 0 Å². The van der Waals surface area contributed by atoms with Gasteiger partial charge in [-0.2, -0.15) is 0 Å². The van der Waals surface area contributed by atoms with Crippen molar-refractivity contribution in [2.45, 2.75) is 58.8 Å². The van der Waals surface area contributed by atoms with E-state index in [1.54, 1.807) is 0 Å². The summed E-state index contributed by atoms with van der Waals surface area (Å²) in [5, 5.41) is 0. The van der Waals surface area contributed by atoms with E-state index >= 15 is 0 Å². The minimum Gasteiger partial charge on any atom is -0.343 e. The van der Waals surface area contributed by atoms with Gasteiger partial charge >= 0.3 is 0 Å². The monoisotopic (exact) mass is 279 g/mol. The van der Waals surface area contributed by atoms with Crippen molar-refractivity contribution < 1.29 is 14.4 Å². The highest BCUT2D eigenvalue weighted by molar-refractivity contribution is 6.07. The SMILES string of the molecule is CC1(C)CC(=O)C(CC(=O)N2CCCCCC2)C(=O)C1. The summed E-state index contributed by atoms with van der Waals surface area (Å²) in [6, 6.07) is 0. The molecule has 0 N–H and O–H groups in total. The molecule has 2 fully saturated rings. The molecule has 0 radical (unpaired) electrons. The van der Waals surface area contributed by atoms with Crippen LogP contribution in [0.25, 0.3) is 0 Å². The van der Waals surface area contributed by atoms with Crippen molar-refractivity contribution in [1.29, 1.82) is 0 Å². The lowest BCUT2D eigenvalue weighted by molar-refractivity contribution is -0.145. The first kappa shape index (κ1) is 15.2. The predicted octanol–water partition coefficient (Wildman–Crippen LogP) is 2.35. The second-order valence-electron chi connectivity index (χ2n) is 7.00. The number of hydrogen-bond donors (Lipinski definition) is 0. The van der Waals surface area contributed by atoms with Crippen LogP contribution < -0.4 is 0 Å². The Bertz CT molecular complexity index is 386. The third-order valence-electron chi connectivity index (χ3n) is 4.42. The highest BCUT2D eigenvalue weighted by Gasteiger charge is 2.40. The summed E-state index contributed by atoms with van der Waals surface area (Å²) < 4.78 is 0. The molecule has 1 amide bonds. The van der Waals surface area contributed by atoms with Crippen LogP contribution in [0, 0.1) is 11.3 Å². The number of hydrogen-bond acceptors (Lipinski definition) is 3. The Hall–Kier alpha value is -1.19. The van der Waals surface area contributed by atoms with Crippen molar-refractivity contribution in [3.63, 3.8) is 0 Å². The van der Waals surface area contributed by atoms with E-state index in [1.807, 2.05) is 18.7 Å². The number of Topliss-reactive ketones (excluding diaryl/α,β-unsaturated/α-hetero) is 2. The maximum Gasteiger partial charge on any atom is 0.223 e. The van der Waals surface area contributed by atoms with Gasteiger partial charge in [0.25, 0.3) is 0 Å². The third kappa shape index (κ3) is 3.68. The average molecular weight is 279 g/mol. The lowest BCUT2D eigenvalue weighted by Crippen LogP contribution is -2.41. The fraction of sp³-hybridized carbons (Fsp3) is 0.812. The second kappa shape index (κ2) is 6.06. The zero-order valence-electron chi connectivity index (χ0n) is 12.6. The Morgan fingerprint density at radius 2 is 1.55 bits per heavy atom. The molecular weight excluding hydrogens is 254 g/mol. The maximum absolute atomic E-state index is 12.3. The number of rotatable bonds is 2. The highest BCUT2D eigenvalue weighted by Crippen LogP contribution is 2.35. The van der Waals surface area contributed by atoms with E-state index in [4.69, 9.17) is 0 Å². The topological polar surface area (TPSA) is 54.5 Å². The van der Waals surface area contributed by atoms with Crippen molar-refractivity contribution in [2.75, 3.05) is 13.1 Å². The summed E-state index contributed by atoms with van der Waals surface area (Å²) >= 11 is 0. The average Bonchev–Trinajstić information content (AvgIpc) is 2.61. The quantitative estimate of drug-likeness (QED) is 0.729. The summed E-state index contributed by atoms with van der Waals surface area (Å²) in [5.74, 6) is -0.791. The zero-order chi connectivity index (χ0) is 14.8. The Kier molecular flexibility index (Phi) is 4.61. The number of nitrogens with zero attached hydrogens (tertiary/aromatic N) is 1. The van der Waals surface area contributed by atoms with Crippen LogP contribution in [-0.2, 0) is 14.4 Å². The molecule has 2 rings (SSSR count). The number of amides is 1. The summed E-state index contributed by atoms with van der Waals surface area (Å²) in [6.45, 7) is 5.43. The molecule has 1 aliphatic carbocycles. The number of carbonyl (C=O) groups excluding carboxylic acids is 3. The smallest absolute Gasteiger partial charge is 0.223 e. The summed E-state index contributed by atoms with van der Waals surface area (Å²) in [6.07, 6.45) is 5.32.